The third-order valence-electron chi connectivity index (χ3n) is 4.58. The van der Waals surface area contributed by atoms with Crippen LogP contribution in [0, 0.1) is 5.92 Å². The first-order chi connectivity index (χ1) is 9.72. The lowest BCUT2D eigenvalue weighted by atomic mass is 10.1. The molecule has 20 heavy (non-hydrogen) atoms. The summed E-state index contributed by atoms with van der Waals surface area (Å²) in [4.78, 5) is 15.9. The maximum atomic E-state index is 11.0. The standard InChI is InChI=1S/C16H22N2O2/c19-16(20)14-6-9-18(11-14)15-7-8-17(12-15)10-13-4-2-1-3-5-13/h1-5,14-15H,6-12H2,(H,19,20). The van der Waals surface area contributed by atoms with E-state index in [9.17, 15) is 4.79 Å². The highest BCUT2D eigenvalue weighted by molar-refractivity contribution is 5.70. The third kappa shape index (κ3) is 3.02. The molecule has 2 aliphatic rings. The van der Waals surface area contributed by atoms with Gasteiger partial charge in [0.25, 0.3) is 0 Å². The van der Waals surface area contributed by atoms with Gasteiger partial charge in [-0.1, -0.05) is 30.3 Å². The average molecular weight is 274 g/mol. The second-order valence-corrected chi connectivity index (χ2v) is 5.98. The molecule has 1 aromatic rings. The molecule has 0 spiro atoms. The molecule has 2 fully saturated rings. The molecule has 2 atom stereocenters. The number of rotatable bonds is 4. The molecule has 0 amide bonds. The molecule has 0 aliphatic carbocycles. The number of nitrogens with zero attached hydrogens (tertiary/aromatic N) is 2. The SMILES string of the molecule is O=C(O)C1CCN(C2CCN(Cc3ccccc3)C2)C1. The molecular weight excluding hydrogens is 252 g/mol. The van der Waals surface area contributed by atoms with Crippen molar-refractivity contribution in [3.8, 4) is 0 Å². The number of aliphatic carboxylic acids is 1. The van der Waals surface area contributed by atoms with Crippen molar-refractivity contribution in [3.05, 3.63) is 35.9 Å². The lowest BCUT2D eigenvalue weighted by molar-refractivity contribution is -0.141. The summed E-state index contributed by atoms with van der Waals surface area (Å²) in [5, 5.41) is 9.08. The average Bonchev–Trinajstić information content (AvgIpc) is 3.08. The van der Waals surface area contributed by atoms with E-state index in [0.29, 0.717) is 6.04 Å². The van der Waals surface area contributed by atoms with Crippen molar-refractivity contribution in [2.24, 2.45) is 5.92 Å². The highest BCUT2D eigenvalue weighted by Crippen LogP contribution is 2.24. The fraction of sp³-hybridized carbons (Fsp3) is 0.562. The Bertz CT molecular complexity index is 463. The van der Waals surface area contributed by atoms with E-state index in [1.807, 2.05) is 6.07 Å². The fourth-order valence-corrected chi connectivity index (χ4v) is 3.42. The van der Waals surface area contributed by atoms with Gasteiger partial charge in [-0.2, -0.15) is 0 Å². The van der Waals surface area contributed by atoms with Crippen molar-refractivity contribution in [2.45, 2.75) is 25.4 Å². The highest BCUT2D eigenvalue weighted by atomic mass is 16.4. The molecule has 3 rings (SSSR count). The number of hydrogen-bond acceptors (Lipinski definition) is 3. The maximum absolute atomic E-state index is 11.0. The second-order valence-electron chi connectivity index (χ2n) is 5.98. The molecule has 2 saturated heterocycles. The molecule has 0 aromatic heterocycles. The van der Waals surface area contributed by atoms with Crippen LogP contribution in [0.3, 0.4) is 0 Å². The quantitative estimate of drug-likeness (QED) is 0.907. The van der Waals surface area contributed by atoms with Crippen molar-refractivity contribution >= 4 is 5.97 Å². The molecule has 2 aliphatic heterocycles. The van der Waals surface area contributed by atoms with E-state index in [1.54, 1.807) is 0 Å². The predicted octanol–water partition coefficient (Wildman–Crippen LogP) is 1.67. The monoisotopic (exact) mass is 274 g/mol. The van der Waals surface area contributed by atoms with Crippen LogP contribution < -0.4 is 0 Å². The molecule has 4 heteroatoms. The molecule has 4 nitrogen and oxygen atoms in total. The number of benzene rings is 1. The van der Waals surface area contributed by atoms with Crippen LogP contribution in [0.1, 0.15) is 18.4 Å². The first kappa shape index (κ1) is 13.6. The van der Waals surface area contributed by atoms with Gasteiger partial charge < -0.3 is 5.11 Å². The Morgan fingerprint density at radius 1 is 1.15 bits per heavy atom. The van der Waals surface area contributed by atoms with E-state index in [0.717, 1.165) is 39.1 Å². The van der Waals surface area contributed by atoms with Crippen LogP contribution in [0.2, 0.25) is 0 Å². The molecule has 0 saturated carbocycles. The lowest BCUT2D eigenvalue weighted by Crippen LogP contribution is -2.36. The van der Waals surface area contributed by atoms with Crippen molar-refractivity contribution in [2.75, 3.05) is 26.2 Å². The molecule has 2 unspecified atom stereocenters. The minimum atomic E-state index is -0.633. The second kappa shape index (κ2) is 5.94. The molecular formula is C16H22N2O2. The first-order valence-electron chi connectivity index (χ1n) is 7.45. The van der Waals surface area contributed by atoms with Gasteiger partial charge in [0, 0.05) is 32.2 Å². The molecule has 0 radical (unpaired) electrons. The van der Waals surface area contributed by atoms with Crippen LogP contribution in [0.15, 0.2) is 30.3 Å². The number of likely N-dealkylation sites (tertiary alicyclic amines) is 2. The first-order valence-corrected chi connectivity index (χ1v) is 7.45. The Hall–Kier alpha value is -1.39. The van der Waals surface area contributed by atoms with Crippen LogP contribution in [0.5, 0.6) is 0 Å². The minimum Gasteiger partial charge on any atom is -0.481 e. The molecule has 2 heterocycles. The summed E-state index contributed by atoms with van der Waals surface area (Å²) in [6.45, 7) is 4.88. The summed E-state index contributed by atoms with van der Waals surface area (Å²) in [5.41, 5.74) is 1.36. The zero-order valence-electron chi connectivity index (χ0n) is 11.7. The van der Waals surface area contributed by atoms with Crippen LogP contribution >= 0.6 is 0 Å². The topological polar surface area (TPSA) is 43.8 Å². The van der Waals surface area contributed by atoms with Crippen molar-refractivity contribution < 1.29 is 9.90 Å². The Morgan fingerprint density at radius 2 is 1.95 bits per heavy atom. The number of hydrogen-bond donors (Lipinski definition) is 1. The maximum Gasteiger partial charge on any atom is 0.307 e. The number of carboxylic acids is 1. The van der Waals surface area contributed by atoms with E-state index in [4.69, 9.17) is 5.11 Å². The van der Waals surface area contributed by atoms with Crippen molar-refractivity contribution in [1.82, 2.24) is 9.80 Å². The number of carboxylic acid groups (broad SMARTS) is 1. The summed E-state index contributed by atoms with van der Waals surface area (Å²) >= 11 is 0. The smallest absolute Gasteiger partial charge is 0.307 e. The zero-order chi connectivity index (χ0) is 13.9. The third-order valence-corrected chi connectivity index (χ3v) is 4.58. The molecule has 108 valence electrons. The van der Waals surface area contributed by atoms with E-state index in [2.05, 4.69) is 34.1 Å². The van der Waals surface area contributed by atoms with Gasteiger partial charge in [-0.25, -0.2) is 0 Å². The van der Waals surface area contributed by atoms with Gasteiger partial charge >= 0.3 is 5.97 Å². The Morgan fingerprint density at radius 3 is 2.65 bits per heavy atom. The van der Waals surface area contributed by atoms with Crippen LogP contribution in [0.25, 0.3) is 0 Å². The van der Waals surface area contributed by atoms with E-state index in [1.165, 1.54) is 12.0 Å². The summed E-state index contributed by atoms with van der Waals surface area (Å²) < 4.78 is 0. The largest absolute Gasteiger partial charge is 0.481 e. The number of carbonyl (C=O) groups is 1. The fourth-order valence-electron chi connectivity index (χ4n) is 3.42. The molecule has 1 aromatic carbocycles. The summed E-state index contributed by atoms with van der Waals surface area (Å²) in [7, 11) is 0. The lowest BCUT2D eigenvalue weighted by Gasteiger charge is -2.24. The van der Waals surface area contributed by atoms with Gasteiger partial charge in [0.15, 0.2) is 0 Å². The summed E-state index contributed by atoms with van der Waals surface area (Å²) in [5.74, 6) is -0.787. The molecule has 0 bridgehead atoms. The van der Waals surface area contributed by atoms with Crippen LogP contribution in [0.4, 0.5) is 0 Å². The Kier molecular flexibility index (Phi) is 4.03. The van der Waals surface area contributed by atoms with Gasteiger partial charge in [-0.15, -0.1) is 0 Å². The van der Waals surface area contributed by atoms with E-state index < -0.39 is 5.97 Å². The van der Waals surface area contributed by atoms with Crippen molar-refractivity contribution in [1.29, 1.82) is 0 Å². The zero-order valence-corrected chi connectivity index (χ0v) is 11.7. The van der Waals surface area contributed by atoms with Gasteiger partial charge in [0.1, 0.15) is 0 Å². The van der Waals surface area contributed by atoms with E-state index >= 15 is 0 Å². The summed E-state index contributed by atoms with van der Waals surface area (Å²) in [6.07, 6.45) is 1.98. The van der Waals surface area contributed by atoms with Crippen molar-refractivity contribution in [3.63, 3.8) is 0 Å². The minimum absolute atomic E-state index is 0.154. The van der Waals surface area contributed by atoms with Gasteiger partial charge in [-0.05, 0) is 24.9 Å². The van der Waals surface area contributed by atoms with Gasteiger partial charge in [0.2, 0.25) is 0 Å². The van der Waals surface area contributed by atoms with E-state index in [-0.39, 0.29) is 5.92 Å². The summed E-state index contributed by atoms with van der Waals surface area (Å²) in [6, 6.07) is 11.1. The van der Waals surface area contributed by atoms with Gasteiger partial charge in [0.05, 0.1) is 5.92 Å². The predicted molar refractivity (Wildman–Crippen MR) is 77.4 cm³/mol. The van der Waals surface area contributed by atoms with Crippen LogP contribution in [-0.2, 0) is 11.3 Å². The molecule has 1 N–H and O–H groups in total. The van der Waals surface area contributed by atoms with Crippen LogP contribution in [-0.4, -0.2) is 53.1 Å². The Balaban J connectivity index is 1.51. The highest BCUT2D eigenvalue weighted by Gasteiger charge is 2.35. The Labute approximate surface area is 120 Å². The van der Waals surface area contributed by atoms with Gasteiger partial charge in [-0.3, -0.25) is 14.6 Å². The normalized spacial score (nSPS) is 28.0.